The van der Waals surface area contributed by atoms with E-state index < -0.39 is 0 Å². The molecule has 4 nitrogen and oxygen atoms in total. The molecular formula is C14H16N2O2. The predicted octanol–water partition coefficient (Wildman–Crippen LogP) is 2.16. The fourth-order valence-electron chi connectivity index (χ4n) is 2.30. The van der Waals surface area contributed by atoms with Gasteiger partial charge in [-0.2, -0.15) is 0 Å². The lowest BCUT2D eigenvalue weighted by atomic mass is 10.2. The van der Waals surface area contributed by atoms with Gasteiger partial charge in [0.1, 0.15) is 0 Å². The molecule has 0 spiro atoms. The molecule has 2 aliphatic rings. The number of nitrogens with zero attached hydrogens (tertiary/aromatic N) is 1. The van der Waals surface area contributed by atoms with Gasteiger partial charge in [-0.25, -0.2) is 0 Å². The molecule has 1 N–H and O–H groups in total. The van der Waals surface area contributed by atoms with Crippen LogP contribution in [0.15, 0.2) is 24.3 Å². The van der Waals surface area contributed by atoms with Gasteiger partial charge in [-0.05, 0) is 31.4 Å². The van der Waals surface area contributed by atoms with Crippen molar-refractivity contribution in [3.63, 3.8) is 0 Å². The number of carbonyl (C=O) groups is 2. The Balaban J connectivity index is 1.84. The molecule has 0 radical (unpaired) electrons. The number of hydrogen-bond acceptors (Lipinski definition) is 2. The van der Waals surface area contributed by atoms with Gasteiger partial charge >= 0.3 is 0 Å². The molecule has 0 aromatic heterocycles. The van der Waals surface area contributed by atoms with Crippen LogP contribution in [-0.2, 0) is 9.59 Å². The first-order valence-corrected chi connectivity index (χ1v) is 6.46. The minimum Gasteiger partial charge on any atom is -0.324 e. The first-order chi connectivity index (χ1) is 8.75. The van der Waals surface area contributed by atoms with E-state index in [-0.39, 0.29) is 17.7 Å². The van der Waals surface area contributed by atoms with Gasteiger partial charge in [0.25, 0.3) is 0 Å². The van der Waals surface area contributed by atoms with Crippen LogP contribution in [-0.4, -0.2) is 18.4 Å². The molecule has 2 fully saturated rings. The molecule has 1 aliphatic carbocycles. The Morgan fingerprint density at radius 1 is 1.28 bits per heavy atom. The number of rotatable bonds is 3. The van der Waals surface area contributed by atoms with Crippen LogP contribution in [0.4, 0.5) is 11.4 Å². The molecule has 0 atom stereocenters. The number of nitrogens with one attached hydrogen (secondary N) is 1. The highest BCUT2D eigenvalue weighted by molar-refractivity contribution is 6.02. The molecule has 94 valence electrons. The number of para-hydroxylation sites is 2. The van der Waals surface area contributed by atoms with Crippen molar-refractivity contribution in [2.45, 2.75) is 25.7 Å². The average molecular weight is 244 g/mol. The van der Waals surface area contributed by atoms with Gasteiger partial charge in [0.05, 0.1) is 11.4 Å². The highest BCUT2D eigenvalue weighted by Gasteiger charge is 2.31. The molecular weight excluding hydrogens is 228 g/mol. The van der Waals surface area contributed by atoms with Gasteiger partial charge < -0.3 is 10.2 Å². The second-order valence-electron chi connectivity index (χ2n) is 4.93. The molecule has 3 rings (SSSR count). The summed E-state index contributed by atoms with van der Waals surface area (Å²) in [6.45, 7) is 0.745. The van der Waals surface area contributed by atoms with Crippen LogP contribution in [0.3, 0.4) is 0 Å². The number of amides is 2. The van der Waals surface area contributed by atoms with Crippen LogP contribution < -0.4 is 10.2 Å². The lowest BCUT2D eigenvalue weighted by molar-refractivity contribution is -0.118. The van der Waals surface area contributed by atoms with E-state index in [0.29, 0.717) is 6.42 Å². The number of carbonyl (C=O) groups excluding carboxylic acids is 2. The predicted molar refractivity (Wildman–Crippen MR) is 69.4 cm³/mol. The van der Waals surface area contributed by atoms with Crippen molar-refractivity contribution >= 4 is 23.2 Å². The second-order valence-corrected chi connectivity index (χ2v) is 4.93. The van der Waals surface area contributed by atoms with E-state index in [2.05, 4.69) is 5.32 Å². The first-order valence-electron chi connectivity index (χ1n) is 6.46. The molecule has 2 amide bonds. The summed E-state index contributed by atoms with van der Waals surface area (Å²) < 4.78 is 0. The van der Waals surface area contributed by atoms with Gasteiger partial charge in [0, 0.05) is 18.9 Å². The van der Waals surface area contributed by atoms with Crippen molar-refractivity contribution in [2.75, 3.05) is 16.8 Å². The lowest BCUT2D eigenvalue weighted by Crippen LogP contribution is -2.25. The number of anilines is 2. The summed E-state index contributed by atoms with van der Waals surface area (Å²) >= 11 is 0. The summed E-state index contributed by atoms with van der Waals surface area (Å²) in [7, 11) is 0. The molecule has 4 heteroatoms. The minimum atomic E-state index is 0.0779. The van der Waals surface area contributed by atoms with E-state index in [4.69, 9.17) is 0 Å². The van der Waals surface area contributed by atoms with Gasteiger partial charge in [-0.1, -0.05) is 12.1 Å². The largest absolute Gasteiger partial charge is 0.324 e. The highest BCUT2D eigenvalue weighted by Crippen LogP contribution is 2.33. The average Bonchev–Trinajstić information content (AvgIpc) is 3.14. The molecule has 1 saturated heterocycles. The van der Waals surface area contributed by atoms with Crippen LogP contribution >= 0.6 is 0 Å². The Labute approximate surface area is 106 Å². The molecule has 1 aromatic rings. The van der Waals surface area contributed by atoms with E-state index in [0.717, 1.165) is 37.2 Å². The Hall–Kier alpha value is -1.84. The van der Waals surface area contributed by atoms with Crippen molar-refractivity contribution in [3.05, 3.63) is 24.3 Å². The van der Waals surface area contributed by atoms with Gasteiger partial charge in [0.15, 0.2) is 0 Å². The Bertz CT molecular complexity index is 494. The maximum atomic E-state index is 11.8. The molecule has 0 bridgehead atoms. The monoisotopic (exact) mass is 244 g/mol. The van der Waals surface area contributed by atoms with E-state index in [1.54, 1.807) is 4.90 Å². The van der Waals surface area contributed by atoms with Crippen LogP contribution in [0, 0.1) is 5.92 Å². The summed E-state index contributed by atoms with van der Waals surface area (Å²) in [5.41, 5.74) is 1.58. The molecule has 1 saturated carbocycles. The van der Waals surface area contributed by atoms with Crippen molar-refractivity contribution in [1.29, 1.82) is 0 Å². The standard InChI is InChI=1S/C14H16N2O2/c17-13-6-3-9-16(13)12-5-2-1-4-11(12)15-14(18)10-7-8-10/h1-2,4-5,10H,3,6-9H2,(H,15,18). The smallest absolute Gasteiger partial charge is 0.227 e. The molecule has 1 aromatic carbocycles. The molecule has 0 unspecified atom stereocenters. The third kappa shape index (κ3) is 2.10. The Morgan fingerprint density at radius 3 is 2.72 bits per heavy atom. The second kappa shape index (κ2) is 4.44. The maximum Gasteiger partial charge on any atom is 0.227 e. The lowest BCUT2D eigenvalue weighted by Gasteiger charge is -2.19. The zero-order chi connectivity index (χ0) is 12.5. The van der Waals surface area contributed by atoms with Crippen molar-refractivity contribution < 1.29 is 9.59 Å². The maximum absolute atomic E-state index is 11.8. The van der Waals surface area contributed by atoms with Crippen molar-refractivity contribution in [2.24, 2.45) is 5.92 Å². The van der Waals surface area contributed by atoms with E-state index in [1.165, 1.54) is 0 Å². The summed E-state index contributed by atoms with van der Waals surface area (Å²) in [6, 6.07) is 7.53. The van der Waals surface area contributed by atoms with E-state index in [1.807, 2.05) is 24.3 Å². The summed E-state index contributed by atoms with van der Waals surface area (Å²) in [4.78, 5) is 25.3. The van der Waals surface area contributed by atoms with Crippen molar-refractivity contribution in [3.8, 4) is 0 Å². The van der Waals surface area contributed by atoms with Crippen molar-refractivity contribution in [1.82, 2.24) is 0 Å². The first kappa shape index (κ1) is 11.3. The zero-order valence-corrected chi connectivity index (χ0v) is 10.2. The highest BCUT2D eigenvalue weighted by atomic mass is 16.2. The topological polar surface area (TPSA) is 49.4 Å². The van der Waals surface area contributed by atoms with Gasteiger partial charge in [-0.3, -0.25) is 9.59 Å². The zero-order valence-electron chi connectivity index (χ0n) is 10.2. The van der Waals surface area contributed by atoms with E-state index >= 15 is 0 Å². The third-order valence-corrected chi connectivity index (χ3v) is 3.47. The fourth-order valence-corrected chi connectivity index (χ4v) is 2.30. The van der Waals surface area contributed by atoms with E-state index in [9.17, 15) is 9.59 Å². The summed E-state index contributed by atoms with van der Waals surface area (Å²) in [5, 5.41) is 2.94. The Kier molecular flexibility index (Phi) is 2.78. The minimum absolute atomic E-state index is 0.0779. The molecule has 1 heterocycles. The summed E-state index contributed by atoms with van der Waals surface area (Å²) in [5.74, 6) is 0.393. The number of benzene rings is 1. The van der Waals surface area contributed by atoms with Gasteiger partial charge in [-0.15, -0.1) is 0 Å². The SMILES string of the molecule is O=C(Nc1ccccc1N1CCCC1=O)C1CC1. The third-order valence-electron chi connectivity index (χ3n) is 3.47. The van der Waals surface area contributed by atoms with Crippen LogP contribution in [0.5, 0.6) is 0 Å². The van der Waals surface area contributed by atoms with Crippen LogP contribution in [0.25, 0.3) is 0 Å². The fraction of sp³-hybridized carbons (Fsp3) is 0.429. The van der Waals surface area contributed by atoms with Crippen LogP contribution in [0.1, 0.15) is 25.7 Å². The molecule has 1 aliphatic heterocycles. The quantitative estimate of drug-likeness (QED) is 0.885. The number of hydrogen-bond donors (Lipinski definition) is 1. The summed E-state index contributed by atoms with van der Waals surface area (Å²) in [6.07, 6.45) is 3.46. The Morgan fingerprint density at radius 2 is 2.06 bits per heavy atom. The normalized spacial score (nSPS) is 19.1. The van der Waals surface area contributed by atoms with Gasteiger partial charge in [0.2, 0.25) is 11.8 Å². The molecule has 18 heavy (non-hydrogen) atoms. The van der Waals surface area contributed by atoms with Crippen LogP contribution in [0.2, 0.25) is 0 Å².